The van der Waals surface area contributed by atoms with Gasteiger partial charge in [-0.1, -0.05) is 70.9 Å². The molecule has 0 aliphatic heterocycles. The van der Waals surface area contributed by atoms with Crippen molar-refractivity contribution in [2.24, 2.45) is 34.5 Å². The predicted octanol–water partition coefficient (Wildman–Crippen LogP) is 8.61. The van der Waals surface area contributed by atoms with Crippen LogP contribution in [0, 0.1) is 34.5 Å². The molecule has 0 heterocycles. The Bertz CT molecular complexity index is 565. The Morgan fingerprint density at radius 3 is 2.54 bits per heavy atom. The van der Waals surface area contributed by atoms with Gasteiger partial charge in [0.2, 0.25) is 0 Å². The quantitative estimate of drug-likeness (QED) is 0.246. The lowest BCUT2D eigenvalue weighted by Crippen LogP contribution is -2.50. The number of allylic oxidation sites excluding steroid dienone is 2. The van der Waals surface area contributed by atoms with Crippen molar-refractivity contribution in [3.63, 3.8) is 0 Å². The highest BCUT2D eigenvalue weighted by Crippen LogP contribution is 2.66. The first-order valence-electron chi connectivity index (χ1n) is 12.9. The van der Waals surface area contributed by atoms with Gasteiger partial charge in [0.05, 0.1) is 0 Å². The number of thiol groups is 1. The predicted molar refractivity (Wildman–Crippen MR) is 126 cm³/mol. The maximum Gasteiger partial charge on any atom is 0.00545 e. The third-order valence-corrected chi connectivity index (χ3v) is 10.6. The zero-order chi connectivity index (χ0) is 19.8. The standard InChI is InChI=1S/C27H46S/c1-4-5-6-7-8-9-10-20-12-14-24-23-13-11-21-19-22(28)15-17-27(21,3)25(23)16-18-26(20,24)2/h11,20,22-25,28H,4-10,12-19H2,1-3H3/t20-,22-,23+,24+,25+,26+,27-/m0/s1. The Labute approximate surface area is 181 Å². The largest absolute Gasteiger partial charge is 0.176 e. The lowest BCUT2D eigenvalue weighted by molar-refractivity contribution is -0.0421. The highest BCUT2D eigenvalue weighted by atomic mass is 32.1. The van der Waals surface area contributed by atoms with Crippen LogP contribution in [-0.4, -0.2) is 5.25 Å². The van der Waals surface area contributed by atoms with Crippen LogP contribution < -0.4 is 0 Å². The van der Waals surface area contributed by atoms with E-state index in [2.05, 4.69) is 26.8 Å². The van der Waals surface area contributed by atoms with E-state index < -0.39 is 0 Å². The van der Waals surface area contributed by atoms with Crippen molar-refractivity contribution in [3.8, 4) is 0 Å². The molecule has 0 aromatic heterocycles. The molecule has 4 aliphatic rings. The lowest BCUT2D eigenvalue weighted by atomic mass is 9.47. The average Bonchev–Trinajstić information content (AvgIpc) is 3.01. The first kappa shape index (κ1) is 21.3. The van der Waals surface area contributed by atoms with Crippen molar-refractivity contribution in [1.82, 2.24) is 0 Å². The zero-order valence-corrected chi connectivity index (χ0v) is 19.9. The van der Waals surface area contributed by atoms with Gasteiger partial charge in [-0.2, -0.15) is 12.6 Å². The lowest BCUT2D eigenvalue weighted by Gasteiger charge is -2.58. The number of hydrogen-bond acceptors (Lipinski definition) is 1. The molecule has 0 aromatic carbocycles. The molecular weight excluding hydrogens is 356 g/mol. The molecule has 0 radical (unpaired) electrons. The van der Waals surface area contributed by atoms with E-state index >= 15 is 0 Å². The number of hydrogen-bond donors (Lipinski definition) is 1. The van der Waals surface area contributed by atoms with Crippen molar-refractivity contribution in [2.45, 2.75) is 122 Å². The molecule has 0 spiro atoms. The second kappa shape index (κ2) is 8.68. The third kappa shape index (κ3) is 3.76. The SMILES string of the molecule is CCCCCCCC[C@H]1CC[C@@H]2[C@H]3CC=C4C[C@@H](S)CC[C@]4(C)[C@@H]3CC[C@]12C. The minimum absolute atomic E-state index is 0.515. The fraction of sp³-hybridized carbons (Fsp3) is 0.926. The molecule has 0 bridgehead atoms. The average molecular weight is 403 g/mol. The Kier molecular flexibility index (Phi) is 6.61. The molecule has 7 atom stereocenters. The summed E-state index contributed by atoms with van der Waals surface area (Å²) in [5.74, 6) is 3.99. The van der Waals surface area contributed by atoms with Crippen molar-refractivity contribution >= 4 is 12.6 Å². The maximum absolute atomic E-state index is 4.84. The molecule has 0 N–H and O–H groups in total. The van der Waals surface area contributed by atoms with E-state index in [1.54, 1.807) is 5.57 Å². The number of rotatable bonds is 7. The van der Waals surface area contributed by atoms with Gasteiger partial charge in [-0.3, -0.25) is 0 Å². The van der Waals surface area contributed by atoms with Crippen LogP contribution in [0.1, 0.15) is 117 Å². The molecule has 28 heavy (non-hydrogen) atoms. The summed E-state index contributed by atoms with van der Waals surface area (Å²) in [5.41, 5.74) is 2.97. The van der Waals surface area contributed by atoms with E-state index in [1.807, 2.05) is 0 Å². The number of unbranched alkanes of at least 4 members (excludes halogenated alkanes) is 5. The summed E-state index contributed by atoms with van der Waals surface area (Å²) < 4.78 is 0. The van der Waals surface area contributed by atoms with Crippen LogP contribution in [0.2, 0.25) is 0 Å². The summed E-state index contributed by atoms with van der Waals surface area (Å²) in [4.78, 5) is 0. The zero-order valence-electron chi connectivity index (χ0n) is 19.0. The summed E-state index contributed by atoms with van der Waals surface area (Å²) in [5, 5.41) is 0.623. The second-order valence-corrected chi connectivity index (χ2v) is 12.3. The van der Waals surface area contributed by atoms with Crippen molar-refractivity contribution in [2.75, 3.05) is 0 Å². The molecule has 0 nitrogen and oxygen atoms in total. The molecule has 0 unspecified atom stereocenters. The van der Waals surface area contributed by atoms with E-state index in [0.717, 1.165) is 23.7 Å². The van der Waals surface area contributed by atoms with Gasteiger partial charge in [0.1, 0.15) is 0 Å². The molecule has 1 heteroatoms. The van der Waals surface area contributed by atoms with Crippen LogP contribution in [0.5, 0.6) is 0 Å². The van der Waals surface area contributed by atoms with E-state index in [1.165, 1.54) is 96.3 Å². The fourth-order valence-corrected chi connectivity index (χ4v) is 8.72. The van der Waals surface area contributed by atoms with Crippen molar-refractivity contribution in [1.29, 1.82) is 0 Å². The molecule has 160 valence electrons. The van der Waals surface area contributed by atoms with Crippen LogP contribution >= 0.6 is 12.6 Å². The van der Waals surface area contributed by atoms with Gasteiger partial charge in [-0.25, -0.2) is 0 Å². The first-order valence-corrected chi connectivity index (χ1v) is 13.4. The second-order valence-electron chi connectivity index (χ2n) is 11.5. The minimum Gasteiger partial charge on any atom is -0.176 e. The van der Waals surface area contributed by atoms with Crippen LogP contribution in [0.15, 0.2) is 11.6 Å². The summed E-state index contributed by atoms with van der Waals surface area (Å²) >= 11 is 4.84. The normalized spacial score (nSPS) is 45.1. The molecule has 3 fully saturated rings. The van der Waals surface area contributed by atoms with Crippen molar-refractivity contribution < 1.29 is 0 Å². The molecular formula is C27H46S. The summed E-state index contributed by atoms with van der Waals surface area (Å²) in [6.45, 7) is 7.68. The van der Waals surface area contributed by atoms with Gasteiger partial charge in [0.25, 0.3) is 0 Å². The topological polar surface area (TPSA) is 0 Å². The van der Waals surface area contributed by atoms with Gasteiger partial charge in [0, 0.05) is 5.25 Å². The van der Waals surface area contributed by atoms with Gasteiger partial charge in [-0.05, 0) is 92.3 Å². The molecule has 3 saturated carbocycles. The monoisotopic (exact) mass is 402 g/mol. The van der Waals surface area contributed by atoms with E-state index in [9.17, 15) is 0 Å². The van der Waals surface area contributed by atoms with E-state index in [-0.39, 0.29) is 0 Å². The van der Waals surface area contributed by atoms with Crippen LogP contribution in [0.25, 0.3) is 0 Å². The Hall–Kier alpha value is 0.0900. The van der Waals surface area contributed by atoms with E-state index in [4.69, 9.17) is 12.6 Å². The van der Waals surface area contributed by atoms with Gasteiger partial charge in [0.15, 0.2) is 0 Å². The van der Waals surface area contributed by atoms with E-state index in [0.29, 0.717) is 16.1 Å². The maximum atomic E-state index is 4.84. The summed E-state index contributed by atoms with van der Waals surface area (Å²) in [7, 11) is 0. The molecule has 4 aliphatic carbocycles. The Balaban J connectivity index is 1.39. The molecule has 0 aromatic rings. The smallest absolute Gasteiger partial charge is 0.00545 e. The Morgan fingerprint density at radius 2 is 1.71 bits per heavy atom. The fourth-order valence-electron chi connectivity index (χ4n) is 8.40. The highest BCUT2D eigenvalue weighted by Gasteiger charge is 2.58. The van der Waals surface area contributed by atoms with Gasteiger partial charge in [-0.15, -0.1) is 0 Å². The molecule has 0 saturated heterocycles. The number of fused-ring (bicyclic) bond motifs is 5. The Morgan fingerprint density at radius 1 is 0.929 bits per heavy atom. The summed E-state index contributed by atoms with van der Waals surface area (Å²) in [6, 6.07) is 0. The first-order chi connectivity index (χ1) is 13.5. The summed E-state index contributed by atoms with van der Waals surface area (Å²) in [6.07, 6.45) is 24.5. The highest BCUT2D eigenvalue weighted by molar-refractivity contribution is 7.80. The molecule has 4 rings (SSSR count). The third-order valence-electron chi connectivity index (χ3n) is 10.2. The van der Waals surface area contributed by atoms with Gasteiger partial charge < -0.3 is 0 Å². The van der Waals surface area contributed by atoms with Gasteiger partial charge >= 0.3 is 0 Å². The van der Waals surface area contributed by atoms with Crippen LogP contribution in [-0.2, 0) is 0 Å². The van der Waals surface area contributed by atoms with Crippen LogP contribution in [0.4, 0.5) is 0 Å². The van der Waals surface area contributed by atoms with Crippen molar-refractivity contribution in [3.05, 3.63) is 11.6 Å². The molecule has 0 amide bonds. The van der Waals surface area contributed by atoms with Crippen LogP contribution in [0.3, 0.4) is 0 Å². The minimum atomic E-state index is 0.515.